The zero-order valence-corrected chi connectivity index (χ0v) is 18.2. The second-order valence-electron chi connectivity index (χ2n) is 7.06. The third kappa shape index (κ3) is 5.18. The predicted octanol–water partition coefficient (Wildman–Crippen LogP) is 3.21. The first-order valence-electron chi connectivity index (χ1n) is 9.65. The fourth-order valence-corrected chi connectivity index (χ4v) is 3.92. The van der Waals surface area contributed by atoms with E-state index in [4.69, 9.17) is 4.74 Å². The number of carboxylic acids is 1. The first-order chi connectivity index (χ1) is 14.4. The van der Waals surface area contributed by atoms with Crippen molar-refractivity contribution in [1.82, 2.24) is 9.80 Å². The monoisotopic (exact) mass is 474 g/mol. The highest BCUT2D eigenvalue weighted by Crippen LogP contribution is 2.25. The van der Waals surface area contributed by atoms with E-state index in [1.54, 1.807) is 21.9 Å². The SMILES string of the molecule is Cc1ccc(OCCC(=O)N2CCN(C(=O)c3ccccc3C(=O)O)CC2)c(Br)c1. The molecular weight excluding hydrogens is 452 g/mol. The Bertz CT molecular complexity index is 954. The van der Waals surface area contributed by atoms with Crippen LogP contribution in [0.15, 0.2) is 46.9 Å². The van der Waals surface area contributed by atoms with Crippen molar-refractivity contribution in [2.75, 3.05) is 32.8 Å². The molecule has 1 aliphatic rings. The normalized spacial score (nSPS) is 13.8. The standard InChI is InChI=1S/C22H23BrN2O5/c1-15-6-7-19(18(23)14-15)30-13-8-20(26)24-9-11-25(12-10-24)21(27)16-4-2-3-5-17(16)22(28)29/h2-7,14H,8-13H2,1H3,(H,28,29). The number of piperazine rings is 1. The van der Waals surface area contributed by atoms with Crippen LogP contribution in [-0.2, 0) is 4.79 Å². The van der Waals surface area contributed by atoms with E-state index in [1.165, 1.54) is 12.1 Å². The summed E-state index contributed by atoms with van der Waals surface area (Å²) in [6.07, 6.45) is 0.246. The maximum atomic E-state index is 12.7. The Balaban J connectivity index is 1.49. The van der Waals surface area contributed by atoms with Gasteiger partial charge >= 0.3 is 5.97 Å². The molecule has 30 heavy (non-hydrogen) atoms. The molecule has 0 bridgehead atoms. The number of nitrogens with zero attached hydrogens (tertiary/aromatic N) is 2. The molecule has 0 aromatic heterocycles. The fourth-order valence-electron chi connectivity index (χ4n) is 3.31. The Morgan fingerprint density at radius 1 is 1.00 bits per heavy atom. The summed E-state index contributed by atoms with van der Waals surface area (Å²) in [5.74, 6) is -0.794. The Hall–Kier alpha value is -2.87. The van der Waals surface area contributed by atoms with Gasteiger partial charge in [-0.2, -0.15) is 0 Å². The second-order valence-corrected chi connectivity index (χ2v) is 7.91. The first-order valence-corrected chi connectivity index (χ1v) is 10.4. The van der Waals surface area contributed by atoms with Crippen molar-refractivity contribution < 1.29 is 24.2 Å². The molecule has 3 rings (SSSR count). The van der Waals surface area contributed by atoms with Gasteiger partial charge in [-0.3, -0.25) is 9.59 Å². The molecule has 1 fully saturated rings. The molecule has 1 heterocycles. The maximum Gasteiger partial charge on any atom is 0.336 e. The number of carbonyl (C=O) groups is 3. The average Bonchev–Trinajstić information content (AvgIpc) is 2.74. The van der Waals surface area contributed by atoms with E-state index in [0.717, 1.165) is 10.0 Å². The topological polar surface area (TPSA) is 87.2 Å². The second kappa shape index (κ2) is 9.75. The van der Waals surface area contributed by atoms with Gasteiger partial charge in [-0.05, 0) is 52.7 Å². The van der Waals surface area contributed by atoms with Crippen LogP contribution >= 0.6 is 15.9 Å². The van der Waals surface area contributed by atoms with E-state index >= 15 is 0 Å². The van der Waals surface area contributed by atoms with Crippen LogP contribution < -0.4 is 4.74 Å². The molecule has 8 heteroatoms. The Morgan fingerprint density at radius 3 is 2.27 bits per heavy atom. The van der Waals surface area contributed by atoms with Crippen molar-refractivity contribution in [3.63, 3.8) is 0 Å². The van der Waals surface area contributed by atoms with Crippen molar-refractivity contribution in [3.05, 3.63) is 63.6 Å². The third-order valence-corrected chi connectivity index (χ3v) is 5.59. The molecule has 0 atom stereocenters. The molecule has 0 aliphatic carbocycles. The van der Waals surface area contributed by atoms with E-state index < -0.39 is 5.97 Å². The highest BCUT2D eigenvalue weighted by molar-refractivity contribution is 9.10. The smallest absolute Gasteiger partial charge is 0.336 e. The number of hydrogen-bond acceptors (Lipinski definition) is 4. The van der Waals surface area contributed by atoms with Crippen LogP contribution in [0.5, 0.6) is 5.75 Å². The minimum absolute atomic E-state index is 0.0135. The molecule has 1 saturated heterocycles. The molecule has 0 radical (unpaired) electrons. The molecule has 158 valence electrons. The zero-order valence-electron chi connectivity index (χ0n) is 16.6. The van der Waals surface area contributed by atoms with Crippen molar-refractivity contribution in [1.29, 1.82) is 0 Å². The lowest BCUT2D eigenvalue weighted by Gasteiger charge is -2.35. The van der Waals surface area contributed by atoms with Crippen LogP contribution in [-0.4, -0.2) is 65.5 Å². The first kappa shape index (κ1) is 21.8. The van der Waals surface area contributed by atoms with Gasteiger partial charge in [-0.15, -0.1) is 0 Å². The average molecular weight is 475 g/mol. The molecule has 1 N–H and O–H groups in total. The molecule has 2 amide bonds. The molecule has 2 aromatic rings. The van der Waals surface area contributed by atoms with Gasteiger partial charge in [0, 0.05) is 26.2 Å². The van der Waals surface area contributed by atoms with Gasteiger partial charge in [0.1, 0.15) is 5.75 Å². The van der Waals surface area contributed by atoms with Crippen molar-refractivity contribution in [2.24, 2.45) is 0 Å². The number of ether oxygens (including phenoxy) is 1. The number of aryl methyl sites for hydroxylation is 1. The summed E-state index contributed by atoms with van der Waals surface area (Å²) in [7, 11) is 0. The van der Waals surface area contributed by atoms with E-state index in [-0.39, 0.29) is 36.0 Å². The van der Waals surface area contributed by atoms with Crippen molar-refractivity contribution in [2.45, 2.75) is 13.3 Å². The van der Waals surface area contributed by atoms with Gasteiger partial charge in [0.25, 0.3) is 5.91 Å². The predicted molar refractivity (Wildman–Crippen MR) is 115 cm³/mol. The largest absolute Gasteiger partial charge is 0.492 e. The summed E-state index contributed by atoms with van der Waals surface area (Å²) in [5.41, 5.74) is 1.27. The number of aromatic carboxylic acids is 1. The van der Waals surface area contributed by atoms with Crippen LogP contribution in [0.25, 0.3) is 0 Å². The van der Waals surface area contributed by atoms with Crippen LogP contribution in [0, 0.1) is 6.92 Å². The van der Waals surface area contributed by atoms with Crippen molar-refractivity contribution in [3.8, 4) is 5.75 Å². The number of hydrogen-bond donors (Lipinski definition) is 1. The highest BCUT2D eigenvalue weighted by Gasteiger charge is 2.27. The van der Waals surface area contributed by atoms with E-state index in [9.17, 15) is 19.5 Å². The van der Waals surface area contributed by atoms with Crippen molar-refractivity contribution >= 4 is 33.7 Å². The molecule has 7 nitrogen and oxygen atoms in total. The van der Waals surface area contributed by atoms with Gasteiger partial charge < -0.3 is 19.6 Å². The number of carbonyl (C=O) groups excluding carboxylic acids is 2. The van der Waals surface area contributed by atoms with Crippen LogP contribution in [0.3, 0.4) is 0 Å². The number of rotatable bonds is 6. The summed E-state index contributed by atoms with van der Waals surface area (Å²) in [6, 6.07) is 11.9. The van der Waals surface area contributed by atoms with Gasteiger partial charge in [0.2, 0.25) is 5.91 Å². The molecule has 0 spiro atoms. The van der Waals surface area contributed by atoms with Gasteiger partial charge in [0.15, 0.2) is 0 Å². The quantitative estimate of drug-likeness (QED) is 0.694. The molecule has 0 unspecified atom stereocenters. The lowest BCUT2D eigenvalue weighted by atomic mass is 10.1. The van der Waals surface area contributed by atoms with Crippen LogP contribution in [0.1, 0.15) is 32.7 Å². The number of amides is 2. The number of carboxylic acid groups (broad SMARTS) is 1. The molecular formula is C22H23BrN2O5. The van der Waals surface area contributed by atoms with Crippen LogP contribution in [0.2, 0.25) is 0 Å². The van der Waals surface area contributed by atoms with E-state index in [1.807, 2.05) is 25.1 Å². The van der Waals surface area contributed by atoms with Gasteiger partial charge in [-0.25, -0.2) is 4.79 Å². The Labute approximate surface area is 183 Å². The Kier molecular flexibility index (Phi) is 7.10. The summed E-state index contributed by atoms with van der Waals surface area (Å²) < 4.78 is 6.54. The summed E-state index contributed by atoms with van der Waals surface area (Å²) in [4.78, 5) is 39.8. The zero-order chi connectivity index (χ0) is 21.7. The molecule has 2 aromatic carbocycles. The highest BCUT2D eigenvalue weighted by atomic mass is 79.9. The summed E-state index contributed by atoms with van der Waals surface area (Å²) in [6.45, 7) is 3.81. The molecule has 0 saturated carbocycles. The fraction of sp³-hybridized carbons (Fsp3) is 0.318. The number of benzene rings is 2. The Morgan fingerprint density at radius 2 is 1.63 bits per heavy atom. The lowest BCUT2D eigenvalue weighted by molar-refractivity contribution is -0.133. The van der Waals surface area contributed by atoms with E-state index in [2.05, 4.69) is 15.9 Å². The minimum Gasteiger partial charge on any atom is -0.492 e. The van der Waals surface area contributed by atoms with Crippen LogP contribution in [0.4, 0.5) is 0 Å². The minimum atomic E-state index is -1.13. The molecule has 1 aliphatic heterocycles. The summed E-state index contributed by atoms with van der Waals surface area (Å²) in [5, 5.41) is 9.28. The lowest BCUT2D eigenvalue weighted by Crippen LogP contribution is -2.51. The third-order valence-electron chi connectivity index (χ3n) is 4.97. The van der Waals surface area contributed by atoms with Gasteiger partial charge in [0.05, 0.1) is 28.6 Å². The number of halogens is 1. The van der Waals surface area contributed by atoms with E-state index in [0.29, 0.717) is 31.9 Å². The van der Waals surface area contributed by atoms with Gasteiger partial charge in [-0.1, -0.05) is 18.2 Å². The maximum absolute atomic E-state index is 12.7. The summed E-state index contributed by atoms with van der Waals surface area (Å²) >= 11 is 3.45.